The van der Waals surface area contributed by atoms with E-state index in [1.807, 2.05) is 32.0 Å². The van der Waals surface area contributed by atoms with Gasteiger partial charge in [0, 0.05) is 12.2 Å². The molecule has 0 aliphatic heterocycles. The number of aromatic nitrogens is 2. The van der Waals surface area contributed by atoms with Gasteiger partial charge in [-0.05, 0) is 31.9 Å². The Balaban J connectivity index is 2.06. The topological polar surface area (TPSA) is 66.9 Å². The number of amides is 1. The van der Waals surface area contributed by atoms with E-state index in [4.69, 9.17) is 0 Å². The third-order valence-corrected chi connectivity index (χ3v) is 3.07. The first kappa shape index (κ1) is 15.0. The Morgan fingerprint density at radius 2 is 2.00 bits per heavy atom. The number of benzene rings is 1. The summed E-state index contributed by atoms with van der Waals surface area (Å²) in [5.41, 5.74) is 3.28. The lowest BCUT2D eigenvalue weighted by Crippen LogP contribution is -2.15. The largest absolute Gasteiger partial charge is 0.369 e. The van der Waals surface area contributed by atoms with E-state index in [0.717, 1.165) is 29.8 Å². The van der Waals surface area contributed by atoms with E-state index in [-0.39, 0.29) is 5.91 Å². The van der Waals surface area contributed by atoms with Crippen LogP contribution in [0.4, 0.5) is 11.5 Å². The quantitative estimate of drug-likeness (QED) is 0.885. The van der Waals surface area contributed by atoms with Crippen LogP contribution in [-0.2, 0) is 0 Å². The molecule has 1 heterocycles. The van der Waals surface area contributed by atoms with Gasteiger partial charge < -0.3 is 10.6 Å². The molecule has 0 atom stereocenters. The Morgan fingerprint density at radius 1 is 1.19 bits per heavy atom. The highest BCUT2D eigenvalue weighted by Crippen LogP contribution is 2.16. The minimum absolute atomic E-state index is 0.253. The fourth-order valence-corrected chi connectivity index (χ4v) is 1.93. The Kier molecular flexibility index (Phi) is 4.87. The summed E-state index contributed by atoms with van der Waals surface area (Å²) in [6, 6.07) is 5.89. The maximum absolute atomic E-state index is 12.1. The molecule has 2 aromatic rings. The van der Waals surface area contributed by atoms with Crippen molar-refractivity contribution in [3.8, 4) is 0 Å². The van der Waals surface area contributed by atoms with Gasteiger partial charge in [-0.15, -0.1) is 0 Å². The number of hydrogen-bond donors (Lipinski definition) is 2. The van der Waals surface area contributed by atoms with Crippen molar-refractivity contribution in [1.29, 1.82) is 0 Å². The van der Waals surface area contributed by atoms with Gasteiger partial charge in [-0.3, -0.25) is 4.79 Å². The fourth-order valence-electron chi connectivity index (χ4n) is 1.93. The maximum Gasteiger partial charge on any atom is 0.275 e. The lowest BCUT2D eigenvalue weighted by atomic mass is 10.1. The number of aryl methyl sites for hydroxylation is 2. The molecule has 0 bridgehead atoms. The van der Waals surface area contributed by atoms with Crippen molar-refractivity contribution in [3.05, 3.63) is 47.4 Å². The van der Waals surface area contributed by atoms with Crippen LogP contribution >= 0.6 is 0 Å². The van der Waals surface area contributed by atoms with Gasteiger partial charge in [0.15, 0.2) is 0 Å². The Morgan fingerprint density at radius 3 is 2.62 bits per heavy atom. The second-order valence-corrected chi connectivity index (χ2v) is 4.99. The Labute approximate surface area is 124 Å². The average molecular weight is 284 g/mol. The lowest BCUT2D eigenvalue weighted by molar-refractivity contribution is 0.102. The first-order valence-corrected chi connectivity index (χ1v) is 7.04. The molecule has 0 spiro atoms. The molecule has 0 aliphatic rings. The standard InChI is InChI=1S/C16H20N4O/c1-4-7-17-15-10-18-14(9-19-15)16(21)20-13-6-5-11(2)8-12(13)3/h5-6,8-10H,4,7H2,1-3H3,(H,17,19)(H,20,21). The Bertz CT molecular complexity index is 623. The maximum atomic E-state index is 12.1. The number of carbonyl (C=O) groups excluding carboxylic acids is 1. The molecule has 1 amide bonds. The number of anilines is 2. The summed E-state index contributed by atoms with van der Waals surface area (Å²) in [5, 5.41) is 5.97. The molecule has 5 heteroatoms. The molecule has 0 aliphatic carbocycles. The number of rotatable bonds is 5. The molecule has 1 aromatic heterocycles. The lowest BCUT2D eigenvalue weighted by Gasteiger charge is -2.09. The number of carbonyl (C=O) groups is 1. The second kappa shape index (κ2) is 6.83. The van der Waals surface area contributed by atoms with Gasteiger partial charge in [0.1, 0.15) is 11.5 Å². The van der Waals surface area contributed by atoms with Crippen molar-refractivity contribution in [1.82, 2.24) is 9.97 Å². The van der Waals surface area contributed by atoms with Crippen molar-refractivity contribution < 1.29 is 4.79 Å². The van der Waals surface area contributed by atoms with Gasteiger partial charge in [-0.25, -0.2) is 9.97 Å². The zero-order valence-corrected chi connectivity index (χ0v) is 12.6. The SMILES string of the molecule is CCCNc1cnc(C(=O)Nc2ccc(C)cc2C)cn1. The molecule has 0 fully saturated rings. The highest BCUT2D eigenvalue weighted by Gasteiger charge is 2.09. The van der Waals surface area contributed by atoms with Crippen LogP contribution in [0.25, 0.3) is 0 Å². The molecule has 0 saturated carbocycles. The Hall–Kier alpha value is -2.43. The molecular formula is C16H20N4O. The summed E-state index contributed by atoms with van der Waals surface area (Å²) < 4.78 is 0. The van der Waals surface area contributed by atoms with E-state index in [9.17, 15) is 4.79 Å². The van der Waals surface area contributed by atoms with Crippen LogP contribution < -0.4 is 10.6 Å². The van der Waals surface area contributed by atoms with Gasteiger partial charge in [0.05, 0.1) is 12.4 Å². The van der Waals surface area contributed by atoms with Gasteiger partial charge in [0.2, 0.25) is 0 Å². The molecule has 21 heavy (non-hydrogen) atoms. The smallest absolute Gasteiger partial charge is 0.275 e. The second-order valence-electron chi connectivity index (χ2n) is 4.99. The van der Waals surface area contributed by atoms with Gasteiger partial charge in [-0.1, -0.05) is 24.6 Å². The minimum atomic E-state index is -0.253. The summed E-state index contributed by atoms with van der Waals surface area (Å²) in [5.74, 6) is 0.427. The van der Waals surface area contributed by atoms with Crippen LogP contribution in [0.3, 0.4) is 0 Å². The zero-order valence-electron chi connectivity index (χ0n) is 12.6. The predicted octanol–water partition coefficient (Wildman–Crippen LogP) is 3.17. The van der Waals surface area contributed by atoms with Crippen LogP contribution in [0.2, 0.25) is 0 Å². The van der Waals surface area contributed by atoms with Crippen LogP contribution in [0.15, 0.2) is 30.6 Å². The van der Waals surface area contributed by atoms with Crippen molar-refractivity contribution >= 4 is 17.4 Å². The summed E-state index contributed by atoms with van der Waals surface area (Å²) >= 11 is 0. The van der Waals surface area contributed by atoms with E-state index in [1.54, 1.807) is 6.20 Å². The fraction of sp³-hybridized carbons (Fsp3) is 0.312. The average Bonchev–Trinajstić information content (AvgIpc) is 2.48. The number of nitrogens with zero attached hydrogens (tertiary/aromatic N) is 2. The third kappa shape index (κ3) is 4.02. The zero-order chi connectivity index (χ0) is 15.2. The normalized spacial score (nSPS) is 10.2. The first-order valence-electron chi connectivity index (χ1n) is 7.04. The third-order valence-electron chi connectivity index (χ3n) is 3.07. The van der Waals surface area contributed by atoms with Gasteiger partial charge in [0.25, 0.3) is 5.91 Å². The van der Waals surface area contributed by atoms with Gasteiger partial charge in [-0.2, -0.15) is 0 Å². The van der Waals surface area contributed by atoms with E-state index in [2.05, 4.69) is 27.5 Å². The number of hydrogen-bond acceptors (Lipinski definition) is 4. The van der Waals surface area contributed by atoms with E-state index >= 15 is 0 Å². The predicted molar refractivity (Wildman–Crippen MR) is 84.7 cm³/mol. The van der Waals surface area contributed by atoms with Crippen LogP contribution in [-0.4, -0.2) is 22.4 Å². The van der Waals surface area contributed by atoms with Crippen molar-refractivity contribution in [2.45, 2.75) is 27.2 Å². The molecule has 1 aromatic carbocycles. The highest BCUT2D eigenvalue weighted by atomic mass is 16.1. The van der Waals surface area contributed by atoms with Crippen LogP contribution in [0, 0.1) is 13.8 Å². The molecule has 2 N–H and O–H groups in total. The van der Waals surface area contributed by atoms with Crippen LogP contribution in [0.1, 0.15) is 35.0 Å². The monoisotopic (exact) mass is 284 g/mol. The van der Waals surface area contributed by atoms with Crippen molar-refractivity contribution in [2.24, 2.45) is 0 Å². The summed E-state index contributed by atoms with van der Waals surface area (Å²) in [6.07, 6.45) is 4.07. The molecule has 0 unspecified atom stereocenters. The van der Waals surface area contributed by atoms with Crippen molar-refractivity contribution in [2.75, 3.05) is 17.2 Å². The summed E-state index contributed by atoms with van der Waals surface area (Å²) in [7, 11) is 0. The molecule has 2 rings (SSSR count). The molecule has 0 saturated heterocycles. The highest BCUT2D eigenvalue weighted by molar-refractivity contribution is 6.03. The number of nitrogens with one attached hydrogen (secondary N) is 2. The van der Waals surface area contributed by atoms with Gasteiger partial charge >= 0.3 is 0 Å². The first-order chi connectivity index (χ1) is 10.1. The van der Waals surface area contributed by atoms with E-state index in [1.165, 1.54) is 6.20 Å². The van der Waals surface area contributed by atoms with Crippen molar-refractivity contribution in [3.63, 3.8) is 0 Å². The van der Waals surface area contributed by atoms with E-state index < -0.39 is 0 Å². The summed E-state index contributed by atoms with van der Waals surface area (Å²) in [6.45, 7) is 6.90. The van der Waals surface area contributed by atoms with E-state index in [0.29, 0.717) is 11.5 Å². The molecule has 110 valence electrons. The molecular weight excluding hydrogens is 264 g/mol. The minimum Gasteiger partial charge on any atom is -0.369 e. The molecule has 5 nitrogen and oxygen atoms in total. The van der Waals surface area contributed by atoms with Crippen LogP contribution in [0.5, 0.6) is 0 Å². The summed E-state index contributed by atoms with van der Waals surface area (Å²) in [4.78, 5) is 20.5. The molecule has 0 radical (unpaired) electrons.